The van der Waals surface area contributed by atoms with Crippen molar-refractivity contribution >= 4 is 17.6 Å². The van der Waals surface area contributed by atoms with Crippen LogP contribution in [0.3, 0.4) is 0 Å². The standard InChI is InChI=1S/C10H15ClN2O2/c1-5-15-9(14)7-6-8(11)13(12-7)10(2,3)4/h6H,5H2,1-4H3. The van der Waals surface area contributed by atoms with E-state index in [1.54, 1.807) is 11.6 Å². The van der Waals surface area contributed by atoms with Crippen molar-refractivity contribution in [3.63, 3.8) is 0 Å². The van der Waals surface area contributed by atoms with Crippen molar-refractivity contribution in [3.05, 3.63) is 16.9 Å². The highest BCUT2D eigenvalue weighted by Gasteiger charge is 2.21. The molecule has 15 heavy (non-hydrogen) atoms. The van der Waals surface area contributed by atoms with Gasteiger partial charge in [-0.25, -0.2) is 9.48 Å². The molecule has 0 bridgehead atoms. The summed E-state index contributed by atoms with van der Waals surface area (Å²) < 4.78 is 6.43. The largest absolute Gasteiger partial charge is 0.461 e. The number of rotatable bonds is 2. The van der Waals surface area contributed by atoms with Crippen LogP contribution in [0.2, 0.25) is 5.15 Å². The minimum Gasteiger partial charge on any atom is -0.461 e. The van der Waals surface area contributed by atoms with Crippen LogP contribution in [0.25, 0.3) is 0 Å². The molecule has 0 atom stereocenters. The third kappa shape index (κ3) is 2.72. The minimum absolute atomic E-state index is 0.247. The molecule has 0 saturated heterocycles. The van der Waals surface area contributed by atoms with Gasteiger partial charge in [0.2, 0.25) is 0 Å². The lowest BCUT2D eigenvalue weighted by atomic mass is 10.1. The van der Waals surface area contributed by atoms with Gasteiger partial charge in [0.25, 0.3) is 0 Å². The number of nitrogens with zero attached hydrogens (tertiary/aromatic N) is 2. The Kier molecular flexibility index (Phi) is 3.39. The molecule has 0 fully saturated rings. The Morgan fingerprint density at radius 3 is 2.60 bits per heavy atom. The fraction of sp³-hybridized carbons (Fsp3) is 0.600. The molecule has 0 spiro atoms. The van der Waals surface area contributed by atoms with E-state index in [1.165, 1.54) is 6.07 Å². The molecule has 84 valence electrons. The van der Waals surface area contributed by atoms with Crippen LogP contribution in [0.15, 0.2) is 6.07 Å². The summed E-state index contributed by atoms with van der Waals surface area (Å²) in [6.45, 7) is 7.96. The van der Waals surface area contributed by atoms with Crippen LogP contribution in [-0.2, 0) is 10.3 Å². The molecule has 1 aromatic heterocycles. The minimum atomic E-state index is -0.442. The van der Waals surface area contributed by atoms with E-state index in [1.807, 2.05) is 20.8 Å². The average Bonchev–Trinajstić information content (AvgIpc) is 2.47. The van der Waals surface area contributed by atoms with Gasteiger partial charge in [0.1, 0.15) is 5.15 Å². The zero-order chi connectivity index (χ0) is 11.6. The van der Waals surface area contributed by atoms with E-state index in [0.29, 0.717) is 11.8 Å². The molecule has 0 aliphatic rings. The van der Waals surface area contributed by atoms with Gasteiger partial charge < -0.3 is 4.74 Å². The van der Waals surface area contributed by atoms with Crippen LogP contribution in [0, 0.1) is 0 Å². The van der Waals surface area contributed by atoms with Crippen LogP contribution < -0.4 is 0 Å². The molecule has 0 radical (unpaired) electrons. The molecule has 5 heteroatoms. The van der Waals surface area contributed by atoms with Gasteiger partial charge in [-0.2, -0.15) is 5.10 Å². The smallest absolute Gasteiger partial charge is 0.358 e. The highest BCUT2D eigenvalue weighted by Crippen LogP contribution is 2.21. The van der Waals surface area contributed by atoms with Crippen LogP contribution >= 0.6 is 11.6 Å². The Morgan fingerprint density at radius 1 is 1.60 bits per heavy atom. The second-order valence-corrected chi connectivity index (χ2v) is 4.54. The summed E-state index contributed by atoms with van der Waals surface area (Å²) in [6.07, 6.45) is 0. The van der Waals surface area contributed by atoms with E-state index in [9.17, 15) is 4.79 Å². The number of halogens is 1. The average molecular weight is 231 g/mol. The highest BCUT2D eigenvalue weighted by molar-refractivity contribution is 6.30. The second kappa shape index (κ2) is 4.23. The molecule has 1 aromatic rings. The van der Waals surface area contributed by atoms with Crippen molar-refractivity contribution in [3.8, 4) is 0 Å². The van der Waals surface area contributed by atoms with Gasteiger partial charge in [-0.1, -0.05) is 11.6 Å². The number of aromatic nitrogens is 2. The molecule has 0 unspecified atom stereocenters. The molecular weight excluding hydrogens is 216 g/mol. The molecule has 0 amide bonds. The lowest BCUT2D eigenvalue weighted by Crippen LogP contribution is -2.23. The Morgan fingerprint density at radius 2 is 2.20 bits per heavy atom. The molecule has 0 N–H and O–H groups in total. The fourth-order valence-electron chi connectivity index (χ4n) is 1.13. The topological polar surface area (TPSA) is 44.1 Å². The molecule has 1 heterocycles. The van der Waals surface area contributed by atoms with Crippen molar-refractivity contribution in [2.75, 3.05) is 6.61 Å². The van der Waals surface area contributed by atoms with Gasteiger partial charge in [0.05, 0.1) is 12.1 Å². The maximum absolute atomic E-state index is 11.4. The number of ether oxygens (including phenoxy) is 1. The van der Waals surface area contributed by atoms with Gasteiger partial charge in [-0.05, 0) is 27.7 Å². The summed E-state index contributed by atoms with van der Waals surface area (Å²) in [4.78, 5) is 11.4. The quantitative estimate of drug-likeness (QED) is 0.734. The zero-order valence-corrected chi connectivity index (χ0v) is 10.1. The van der Waals surface area contributed by atoms with Crippen LogP contribution in [-0.4, -0.2) is 22.4 Å². The first kappa shape index (κ1) is 12.0. The first-order valence-electron chi connectivity index (χ1n) is 4.79. The van der Waals surface area contributed by atoms with E-state index >= 15 is 0 Å². The van der Waals surface area contributed by atoms with Gasteiger partial charge in [-0.15, -0.1) is 0 Å². The maximum atomic E-state index is 11.4. The maximum Gasteiger partial charge on any atom is 0.358 e. The summed E-state index contributed by atoms with van der Waals surface area (Å²) in [5, 5.41) is 4.55. The van der Waals surface area contributed by atoms with Gasteiger partial charge in [-0.3, -0.25) is 0 Å². The molecule has 1 rings (SSSR count). The predicted molar refractivity (Wildman–Crippen MR) is 58.2 cm³/mol. The molecule has 0 aromatic carbocycles. The first-order chi connectivity index (χ1) is 6.86. The van der Waals surface area contributed by atoms with E-state index < -0.39 is 5.97 Å². The van der Waals surface area contributed by atoms with E-state index in [2.05, 4.69) is 5.10 Å². The summed E-state index contributed by atoms with van der Waals surface area (Å²) in [5.41, 5.74) is -0.00117. The van der Waals surface area contributed by atoms with Crippen LogP contribution in [0.4, 0.5) is 0 Å². The molecule has 0 saturated carbocycles. The van der Waals surface area contributed by atoms with Gasteiger partial charge in [0, 0.05) is 6.07 Å². The van der Waals surface area contributed by atoms with E-state index in [0.717, 1.165) is 0 Å². The number of hydrogen-bond acceptors (Lipinski definition) is 3. The van der Waals surface area contributed by atoms with Gasteiger partial charge in [0.15, 0.2) is 5.69 Å². The van der Waals surface area contributed by atoms with Gasteiger partial charge >= 0.3 is 5.97 Å². The zero-order valence-electron chi connectivity index (χ0n) is 9.37. The third-order valence-corrected chi connectivity index (χ3v) is 2.06. The first-order valence-corrected chi connectivity index (χ1v) is 5.17. The second-order valence-electron chi connectivity index (χ2n) is 4.16. The normalized spacial score (nSPS) is 11.5. The number of hydrogen-bond donors (Lipinski definition) is 0. The van der Waals surface area contributed by atoms with E-state index in [-0.39, 0.29) is 11.2 Å². The third-order valence-electron chi connectivity index (χ3n) is 1.79. The molecular formula is C10H15ClN2O2. The number of carbonyl (C=O) groups excluding carboxylic acids is 1. The fourth-order valence-corrected chi connectivity index (χ4v) is 1.53. The Labute approximate surface area is 94.2 Å². The monoisotopic (exact) mass is 230 g/mol. The lowest BCUT2D eigenvalue weighted by Gasteiger charge is -2.19. The summed E-state index contributed by atoms with van der Waals surface area (Å²) in [5.74, 6) is -0.442. The number of carbonyl (C=O) groups is 1. The predicted octanol–water partition coefficient (Wildman–Crippen LogP) is 2.47. The Balaban J connectivity index is 3.01. The van der Waals surface area contributed by atoms with Crippen LogP contribution in [0.1, 0.15) is 38.2 Å². The van der Waals surface area contributed by atoms with E-state index in [4.69, 9.17) is 16.3 Å². The van der Waals surface area contributed by atoms with Crippen molar-refractivity contribution in [2.45, 2.75) is 33.2 Å². The lowest BCUT2D eigenvalue weighted by molar-refractivity contribution is 0.0517. The molecule has 4 nitrogen and oxygen atoms in total. The Hall–Kier alpha value is -1.03. The highest BCUT2D eigenvalue weighted by atomic mass is 35.5. The summed E-state index contributed by atoms with van der Waals surface area (Å²) >= 11 is 5.97. The SMILES string of the molecule is CCOC(=O)c1cc(Cl)n(C(C)(C)C)n1. The van der Waals surface area contributed by atoms with Crippen molar-refractivity contribution in [1.82, 2.24) is 9.78 Å². The molecule has 0 aliphatic heterocycles. The van der Waals surface area contributed by atoms with Crippen molar-refractivity contribution in [2.24, 2.45) is 0 Å². The van der Waals surface area contributed by atoms with Crippen molar-refractivity contribution in [1.29, 1.82) is 0 Å². The molecule has 0 aliphatic carbocycles. The Bertz CT molecular complexity index is 366. The summed E-state index contributed by atoms with van der Waals surface area (Å²) in [6, 6.07) is 1.52. The van der Waals surface area contributed by atoms with Crippen molar-refractivity contribution < 1.29 is 9.53 Å². The van der Waals surface area contributed by atoms with Crippen LogP contribution in [0.5, 0.6) is 0 Å². The number of esters is 1. The summed E-state index contributed by atoms with van der Waals surface area (Å²) in [7, 11) is 0.